The summed E-state index contributed by atoms with van der Waals surface area (Å²) in [6.45, 7) is 0. The van der Waals surface area contributed by atoms with Crippen molar-refractivity contribution in [1.82, 2.24) is 19.5 Å². The van der Waals surface area contributed by atoms with Crippen molar-refractivity contribution in [2.24, 2.45) is 5.73 Å². The SMILES string of the molecule is CN(c1cnc(-c2ccc(-n3ccnc3)cc2O)cn1)[C@H]1C[C@@H](N)C1. The van der Waals surface area contributed by atoms with Crippen molar-refractivity contribution in [1.29, 1.82) is 0 Å². The van der Waals surface area contributed by atoms with Crippen molar-refractivity contribution < 1.29 is 5.11 Å². The van der Waals surface area contributed by atoms with E-state index in [9.17, 15) is 5.11 Å². The van der Waals surface area contributed by atoms with Crippen LogP contribution in [0.25, 0.3) is 16.9 Å². The van der Waals surface area contributed by atoms with E-state index in [1.807, 2.05) is 29.9 Å². The molecule has 0 spiro atoms. The van der Waals surface area contributed by atoms with Crippen LogP contribution in [-0.4, -0.2) is 43.8 Å². The molecule has 1 saturated carbocycles. The van der Waals surface area contributed by atoms with Crippen LogP contribution in [0.1, 0.15) is 12.8 Å². The van der Waals surface area contributed by atoms with Crippen LogP contribution in [0.3, 0.4) is 0 Å². The molecule has 7 nitrogen and oxygen atoms in total. The minimum atomic E-state index is 0.159. The zero-order valence-electron chi connectivity index (χ0n) is 13.9. The largest absolute Gasteiger partial charge is 0.507 e. The van der Waals surface area contributed by atoms with Crippen molar-refractivity contribution in [2.45, 2.75) is 24.9 Å². The van der Waals surface area contributed by atoms with Gasteiger partial charge in [0.05, 0.1) is 30.1 Å². The molecule has 0 saturated heterocycles. The van der Waals surface area contributed by atoms with Gasteiger partial charge in [0.1, 0.15) is 11.6 Å². The van der Waals surface area contributed by atoms with E-state index in [1.54, 1.807) is 31.0 Å². The van der Waals surface area contributed by atoms with Crippen molar-refractivity contribution in [3.05, 3.63) is 49.3 Å². The number of anilines is 1. The normalized spacial score (nSPS) is 19.4. The van der Waals surface area contributed by atoms with E-state index in [1.165, 1.54) is 0 Å². The first-order valence-corrected chi connectivity index (χ1v) is 8.24. The Balaban J connectivity index is 1.56. The highest BCUT2D eigenvalue weighted by Crippen LogP contribution is 2.31. The summed E-state index contributed by atoms with van der Waals surface area (Å²) in [5, 5.41) is 10.4. The smallest absolute Gasteiger partial charge is 0.147 e. The average molecular weight is 336 g/mol. The molecule has 1 aliphatic rings. The molecule has 0 amide bonds. The Bertz CT molecular complexity index is 856. The quantitative estimate of drug-likeness (QED) is 0.756. The molecule has 2 heterocycles. The molecule has 0 atom stereocenters. The lowest BCUT2D eigenvalue weighted by Crippen LogP contribution is -2.49. The number of aromatic hydroxyl groups is 1. The monoisotopic (exact) mass is 336 g/mol. The van der Waals surface area contributed by atoms with Crippen LogP contribution in [0.15, 0.2) is 49.3 Å². The lowest BCUT2D eigenvalue weighted by Gasteiger charge is -2.39. The molecule has 2 aromatic heterocycles. The molecule has 0 bridgehead atoms. The number of phenolic OH excluding ortho intramolecular Hbond substituents is 1. The van der Waals surface area contributed by atoms with E-state index in [0.29, 0.717) is 23.3 Å². The third kappa shape index (κ3) is 2.94. The summed E-state index contributed by atoms with van der Waals surface area (Å²) in [7, 11) is 2.01. The third-order valence-corrected chi connectivity index (χ3v) is 4.76. The predicted octanol–water partition coefficient (Wildman–Crippen LogP) is 1.96. The van der Waals surface area contributed by atoms with Gasteiger partial charge in [0.2, 0.25) is 0 Å². The van der Waals surface area contributed by atoms with Crippen LogP contribution in [0, 0.1) is 0 Å². The first kappa shape index (κ1) is 15.6. The Morgan fingerprint density at radius 2 is 2.08 bits per heavy atom. The van der Waals surface area contributed by atoms with Gasteiger partial charge in [-0.2, -0.15) is 0 Å². The topological polar surface area (TPSA) is 93.1 Å². The summed E-state index contributed by atoms with van der Waals surface area (Å²) >= 11 is 0. The molecular formula is C18H20N6O. The first-order chi connectivity index (χ1) is 12.1. The summed E-state index contributed by atoms with van der Waals surface area (Å²) in [6, 6.07) is 6.16. The van der Waals surface area contributed by atoms with Crippen molar-refractivity contribution >= 4 is 5.82 Å². The molecule has 1 aromatic carbocycles. The first-order valence-electron chi connectivity index (χ1n) is 8.24. The maximum atomic E-state index is 10.4. The summed E-state index contributed by atoms with van der Waals surface area (Å²) < 4.78 is 1.83. The van der Waals surface area contributed by atoms with Gasteiger partial charge >= 0.3 is 0 Å². The standard InChI is InChI=1S/C18H20N6O/c1-23(14-6-12(19)7-14)18-10-21-16(9-22-18)15-3-2-13(8-17(15)25)24-5-4-20-11-24/h2-5,8-12,14,25H,6-7,19H2,1H3/t12-,14+. The van der Waals surface area contributed by atoms with Crippen LogP contribution >= 0.6 is 0 Å². The summed E-state index contributed by atoms with van der Waals surface area (Å²) in [6.07, 6.45) is 10.6. The van der Waals surface area contributed by atoms with Gasteiger partial charge in [0, 0.05) is 43.2 Å². The van der Waals surface area contributed by atoms with E-state index in [0.717, 1.165) is 24.3 Å². The summed E-state index contributed by atoms with van der Waals surface area (Å²) in [5.74, 6) is 0.974. The Kier molecular flexibility index (Phi) is 3.85. The molecule has 3 aromatic rings. The third-order valence-electron chi connectivity index (χ3n) is 4.76. The Morgan fingerprint density at radius 1 is 1.24 bits per heavy atom. The second kappa shape index (κ2) is 6.18. The number of phenols is 1. The highest BCUT2D eigenvalue weighted by atomic mass is 16.3. The van der Waals surface area contributed by atoms with Crippen LogP contribution in [-0.2, 0) is 0 Å². The molecule has 1 aliphatic carbocycles. The highest BCUT2D eigenvalue weighted by molar-refractivity contribution is 5.68. The van der Waals surface area contributed by atoms with Gasteiger partial charge in [-0.3, -0.25) is 4.98 Å². The second-order valence-electron chi connectivity index (χ2n) is 6.43. The summed E-state index contributed by atoms with van der Waals surface area (Å²) in [4.78, 5) is 15.1. The maximum absolute atomic E-state index is 10.4. The zero-order valence-corrected chi connectivity index (χ0v) is 13.9. The maximum Gasteiger partial charge on any atom is 0.147 e. The molecule has 0 unspecified atom stereocenters. The minimum absolute atomic E-state index is 0.159. The van der Waals surface area contributed by atoms with Crippen molar-refractivity contribution in [3.63, 3.8) is 0 Å². The number of hydrogen-bond acceptors (Lipinski definition) is 6. The number of imidazole rings is 1. The van der Waals surface area contributed by atoms with E-state index in [2.05, 4.69) is 19.9 Å². The Morgan fingerprint density at radius 3 is 2.68 bits per heavy atom. The molecular weight excluding hydrogens is 316 g/mol. The minimum Gasteiger partial charge on any atom is -0.507 e. The van der Waals surface area contributed by atoms with Crippen molar-refractivity contribution in [3.8, 4) is 22.7 Å². The van der Waals surface area contributed by atoms with Gasteiger partial charge in [0.15, 0.2) is 0 Å². The number of aromatic nitrogens is 4. The van der Waals surface area contributed by atoms with Gasteiger partial charge in [-0.05, 0) is 25.0 Å². The molecule has 7 heteroatoms. The molecule has 1 fully saturated rings. The van der Waals surface area contributed by atoms with Crippen LogP contribution in [0.2, 0.25) is 0 Å². The van der Waals surface area contributed by atoms with Crippen LogP contribution in [0.5, 0.6) is 5.75 Å². The predicted molar refractivity (Wildman–Crippen MR) is 95.7 cm³/mol. The molecule has 4 rings (SSSR count). The molecule has 128 valence electrons. The lowest BCUT2D eigenvalue weighted by molar-refractivity contribution is 0.338. The van der Waals surface area contributed by atoms with Gasteiger partial charge in [-0.25, -0.2) is 9.97 Å². The van der Waals surface area contributed by atoms with Crippen LogP contribution < -0.4 is 10.6 Å². The van der Waals surface area contributed by atoms with E-state index in [4.69, 9.17) is 5.73 Å². The number of benzene rings is 1. The van der Waals surface area contributed by atoms with Gasteiger partial charge < -0.3 is 20.3 Å². The second-order valence-corrected chi connectivity index (χ2v) is 6.43. The van der Waals surface area contributed by atoms with Crippen LogP contribution in [0.4, 0.5) is 5.82 Å². The van der Waals surface area contributed by atoms with E-state index >= 15 is 0 Å². The number of nitrogens with zero attached hydrogens (tertiary/aromatic N) is 5. The van der Waals surface area contributed by atoms with E-state index in [-0.39, 0.29) is 5.75 Å². The molecule has 0 radical (unpaired) electrons. The van der Waals surface area contributed by atoms with Crippen molar-refractivity contribution in [2.75, 3.05) is 11.9 Å². The highest BCUT2D eigenvalue weighted by Gasteiger charge is 2.30. The zero-order chi connectivity index (χ0) is 17.4. The fourth-order valence-corrected chi connectivity index (χ4v) is 3.08. The number of rotatable bonds is 4. The molecule has 3 N–H and O–H groups in total. The van der Waals surface area contributed by atoms with E-state index < -0.39 is 0 Å². The molecule has 25 heavy (non-hydrogen) atoms. The number of nitrogens with two attached hydrogens (primary N) is 1. The Hall–Kier alpha value is -2.93. The van der Waals surface area contributed by atoms with Gasteiger partial charge in [-0.1, -0.05) is 0 Å². The molecule has 0 aliphatic heterocycles. The van der Waals surface area contributed by atoms with Gasteiger partial charge in [0.25, 0.3) is 0 Å². The summed E-state index contributed by atoms with van der Waals surface area (Å²) in [5.41, 5.74) is 7.98. The fourth-order valence-electron chi connectivity index (χ4n) is 3.08. The Labute approximate surface area is 145 Å². The lowest BCUT2D eigenvalue weighted by atomic mass is 9.86. The number of hydrogen-bond donors (Lipinski definition) is 2. The fraction of sp³-hybridized carbons (Fsp3) is 0.278. The van der Waals surface area contributed by atoms with Gasteiger partial charge in [-0.15, -0.1) is 0 Å². The average Bonchev–Trinajstić information content (AvgIpc) is 3.13.